The van der Waals surface area contributed by atoms with E-state index in [1.54, 1.807) is 18.2 Å². The summed E-state index contributed by atoms with van der Waals surface area (Å²) < 4.78 is 6.21. The number of hydrogen-bond donors (Lipinski definition) is 2. The number of rotatable bonds is 1. The van der Waals surface area contributed by atoms with Crippen molar-refractivity contribution in [1.29, 1.82) is 0 Å². The third kappa shape index (κ3) is 1.77. The first-order chi connectivity index (χ1) is 10.2. The molecule has 0 spiro atoms. The quantitative estimate of drug-likeness (QED) is 0.823. The van der Waals surface area contributed by atoms with E-state index in [-0.39, 0.29) is 17.6 Å². The van der Waals surface area contributed by atoms with Crippen molar-refractivity contribution in [1.82, 2.24) is 10.2 Å². The Labute approximate surface area is 123 Å². The predicted molar refractivity (Wildman–Crippen MR) is 77.3 cm³/mol. The molecule has 2 N–H and O–H groups in total. The topological polar surface area (TPSA) is 61.8 Å². The molecule has 1 aromatic carbocycles. The van der Waals surface area contributed by atoms with E-state index in [1.807, 2.05) is 0 Å². The van der Waals surface area contributed by atoms with Gasteiger partial charge in [0.15, 0.2) is 0 Å². The van der Waals surface area contributed by atoms with Crippen LogP contribution in [0.15, 0.2) is 18.2 Å². The number of aromatic hydroxyl groups is 1. The summed E-state index contributed by atoms with van der Waals surface area (Å²) in [6.45, 7) is 2.45. The molecule has 0 unspecified atom stereocenters. The Balaban J connectivity index is 1.80. The third-order valence-corrected chi connectivity index (χ3v) is 4.98. The summed E-state index contributed by atoms with van der Waals surface area (Å²) in [7, 11) is 0. The second kappa shape index (κ2) is 4.63. The van der Waals surface area contributed by atoms with Crippen molar-refractivity contribution in [3.05, 3.63) is 23.8 Å². The van der Waals surface area contributed by atoms with Crippen LogP contribution in [-0.4, -0.2) is 41.3 Å². The molecule has 112 valence electrons. The highest BCUT2D eigenvalue weighted by Gasteiger charge is 2.59. The van der Waals surface area contributed by atoms with Crippen molar-refractivity contribution >= 4 is 5.91 Å². The smallest absolute Gasteiger partial charge is 0.280 e. The van der Waals surface area contributed by atoms with Crippen LogP contribution < -0.4 is 10.1 Å². The first-order valence-corrected chi connectivity index (χ1v) is 7.77. The molecule has 1 aromatic rings. The number of nitrogens with zero attached hydrogens (tertiary/aromatic N) is 1. The fraction of sp³-hybridized carbons (Fsp3) is 0.562. The van der Waals surface area contributed by atoms with Gasteiger partial charge in [0.25, 0.3) is 5.91 Å². The van der Waals surface area contributed by atoms with E-state index in [9.17, 15) is 9.90 Å². The molecule has 5 nitrogen and oxygen atoms in total. The lowest BCUT2D eigenvalue weighted by Crippen LogP contribution is -2.67. The van der Waals surface area contributed by atoms with Crippen LogP contribution in [0.3, 0.4) is 0 Å². The molecule has 4 rings (SSSR count). The molecule has 0 radical (unpaired) electrons. The summed E-state index contributed by atoms with van der Waals surface area (Å²) in [6.07, 6.45) is 4.27. The van der Waals surface area contributed by atoms with Gasteiger partial charge in [0.1, 0.15) is 11.5 Å². The largest absolute Gasteiger partial charge is 0.508 e. The fourth-order valence-electron chi connectivity index (χ4n) is 4.02. The Morgan fingerprint density at radius 2 is 2.10 bits per heavy atom. The average molecular weight is 288 g/mol. The zero-order valence-corrected chi connectivity index (χ0v) is 12.0. The van der Waals surface area contributed by atoms with Gasteiger partial charge in [-0.15, -0.1) is 0 Å². The van der Waals surface area contributed by atoms with Crippen molar-refractivity contribution in [3.63, 3.8) is 0 Å². The van der Waals surface area contributed by atoms with Crippen molar-refractivity contribution in [3.8, 4) is 11.5 Å². The molecule has 0 bridgehead atoms. The number of benzene rings is 1. The number of likely N-dealkylation sites (tertiary alicyclic amines) is 1. The number of carbonyl (C=O) groups excluding carboxylic acids is 1. The molecule has 1 amide bonds. The van der Waals surface area contributed by atoms with Crippen LogP contribution in [0.25, 0.3) is 0 Å². The van der Waals surface area contributed by atoms with E-state index in [0.717, 1.165) is 43.7 Å². The number of fused-ring (bicyclic) bond motifs is 3. The van der Waals surface area contributed by atoms with E-state index in [2.05, 4.69) is 10.2 Å². The first kappa shape index (κ1) is 13.0. The minimum atomic E-state index is -0.908. The maximum atomic E-state index is 12.7. The Morgan fingerprint density at radius 1 is 1.29 bits per heavy atom. The van der Waals surface area contributed by atoms with Gasteiger partial charge in [-0.1, -0.05) is 6.42 Å². The van der Waals surface area contributed by atoms with Gasteiger partial charge in [-0.3, -0.25) is 9.69 Å². The summed E-state index contributed by atoms with van der Waals surface area (Å²) in [5.41, 5.74) is 0.0600. The highest BCUT2D eigenvalue weighted by molar-refractivity contribution is 5.88. The van der Waals surface area contributed by atoms with E-state index >= 15 is 0 Å². The molecule has 0 aliphatic carbocycles. The van der Waals surface area contributed by atoms with Crippen LogP contribution in [0.1, 0.15) is 37.2 Å². The second-order valence-corrected chi connectivity index (χ2v) is 6.17. The minimum absolute atomic E-state index is 0.00597. The zero-order chi connectivity index (χ0) is 14.4. The van der Waals surface area contributed by atoms with Crippen LogP contribution >= 0.6 is 0 Å². The van der Waals surface area contributed by atoms with Gasteiger partial charge < -0.3 is 15.2 Å². The monoisotopic (exact) mass is 288 g/mol. The van der Waals surface area contributed by atoms with E-state index < -0.39 is 5.72 Å². The van der Waals surface area contributed by atoms with Gasteiger partial charge in [0, 0.05) is 25.2 Å². The molecule has 5 heteroatoms. The van der Waals surface area contributed by atoms with Crippen LogP contribution in [0.5, 0.6) is 11.5 Å². The molecule has 0 aromatic heterocycles. The standard InChI is InChI=1S/C16H20N2O3/c19-11-4-5-14-12(10-11)13-6-7-17-15(20)16(13,21-14)18-8-2-1-3-9-18/h4-5,10,13,19H,1-3,6-9H2,(H,17,20)/t13-,16+/m0/s1. The summed E-state index contributed by atoms with van der Waals surface area (Å²) in [5.74, 6) is 0.945. The van der Waals surface area contributed by atoms with Crippen molar-refractivity contribution in [2.45, 2.75) is 37.3 Å². The van der Waals surface area contributed by atoms with Crippen molar-refractivity contribution in [2.24, 2.45) is 0 Å². The maximum absolute atomic E-state index is 12.7. The first-order valence-electron chi connectivity index (χ1n) is 7.77. The van der Waals surface area contributed by atoms with Gasteiger partial charge in [-0.05, 0) is 37.5 Å². The molecule has 3 aliphatic heterocycles. The summed E-state index contributed by atoms with van der Waals surface area (Å²) in [5, 5.41) is 12.8. The SMILES string of the molecule is O=C1NCC[C@H]2c3cc(O)ccc3O[C@@]12N1CCCCC1. The number of piperidine rings is 2. The molecule has 2 fully saturated rings. The zero-order valence-electron chi connectivity index (χ0n) is 12.0. The molecule has 0 saturated carbocycles. The number of phenolic OH excluding ortho intramolecular Hbond substituents is 1. The normalized spacial score (nSPS) is 32.0. The van der Waals surface area contributed by atoms with E-state index in [1.165, 1.54) is 6.42 Å². The lowest BCUT2D eigenvalue weighted by atomic mass is 9.82. The number of ether oxygens (including phenoxy) is 1. The van der Waals surface area contributed by atoms with Crippen LogP contribution in [0.2, 0.25) is 0 Å². The number of carbonyl (C=O) groups is 1. The van der Waals surface area contributed by atoms with Gasteiger partial charge >= 0.3 is 0 Å². The minimum Gasteiger partial charge on any atom is -0.508 e. The summed E-state index contributed by atoms with van der Waals surface area (Å²) in [4.78, 5) is 14.9. The molecule has 2 atom stereocenters. The lowest BCUT2D eigenvalue weighted by Gasteiger charge is -2.46. The fourth-order valence-corrected chi connectivity index (χ4v) is 4.02. The van der Waals surface area contributed by atoms with Crippen LogP contribution in [0.4, 0.5) is 0 Å². The maximum Gasteiger partial charge on any atom is 0.280 e. The van der Waals surface area contributed by atoms with Crippen LogP contribution in [-0.2, 0) is 4.79 Å². The Hall–Kier alpha value is -1.75. The van der Waals surface area contributed by atoms with Gasteiger partial charge in [0.05, 0.1) is 5.92 Å². The predicted octanol–water partition coefficient (Wildman–Crippen LogP) is 1.57. The Morgan fingerprint density at radius 3 is 2.90 bits per heavy atom. The number of hydrogen-bond acceptors (Lipinski definition) is 4. The highest BCUT2D eigenvalue weighted by atomic mass is 16.5. The van der Waals surface area contributed by atoms with Crippen molar-refractivity contribution in [2.75, 3.05) is 19.6 Å². The molecule has 21 heavy (non-hydrogen) atoms. The second-order valence-electron chi connectivity index (χ2n) is 6.17. The molecule has 3 aliphatic rings. The lowest BCUT2D eigenvalue weighted by molar-refractivity contribution is -0.164. The van der Waals surface area contributed by atoms with Crippen molar-refractivity contribution < 1.29 is 14.6 Å². The average Bonchev–Trinajstić information content (AvgIpc) is 2.85. The van der Waals surface area contributed by atoms with Gasteiger partial charge in [0.2, 0.25) is 5.72 Å². The number of nitrogens with one attached hydrogen (secondary N) is 1. The van der Waals surface area contributed by atoms with Gasteiger partial charge in [-0.25, -0.2) is 0 Å². The van der Waals surface area contributed by atoms with E-state index in [4.69, 9.17) is 4.74 Å². The number of amides is 1. The summed E-state index contributed by atoms with van der Waals surface area (Å²) >= 11 is 0. The van der Waals surface area contributed by atoms with Gasteiger partial charge in [-0.2, -0.15) is 0 Å². The van der Waals surface area contributed by atoms with E-state index in [0.29, 0.717) is 6.54 Å². The number of phenols is 1. The Bertz CT molecular complexity index is 583. The molecular formula is C16H20N2O3. The third-order valence-electron chi connectivity index (χ3n) is 4.98. The Kier molecular flexibility index (Phi) is 2.85. The highest BCUT2D eigenvalue weighted by Crippen LogP contribution is 2.51. The summed E-state index contributed by atoms with van der Waals surface area (Å²) in [6, 6.07) is 5.16. The molecular weight excluding hydrogens is 268 g/mol. The molecule has 2 saturated heterocycles. The van der Waals surface area contributed by atoms with Crippen LogP contribution in [0, 0.1) is 0 Å². The molecule has 3 heterocycles.